The van der Waals surface area contributed by atoms with Gasteiger partial charge in [-0.25, -0.2) is 4.90 Å². The van der Waals surface area contributed by atoms with Crippen LogP contribution in [0.4, 0.5) is 5.69 Å². The Bertz CT molecular complexity index is 702. The van der Waals surface area contributed by atoms with Crippen LogP contribution in [0.15, 0.2) is 34.4 Å². The second-order valence-electron chi connectivity index (χ2n) is 5.55. The van der Waals surface area contributed by atoms with Crippen LogP contribution in [0.25, 0.3) is 6.08 Å². The van der Waals surface area contributed by atoms with Crippen molar-refractivity contribution in [3.63, 3.8) is 0 Å². The maximum Gasteiger partial charge on any atom is 0.261 e. The van der Waals surface area contributed by atoms with Gasteiger partial charge in [0.05, 0.1) is 5.69 Å². The minimum absolute atomic E-state index is 0.195. The van der Waals surface area contributed by atoms with Gasteiger partial charge >= 0.3 is 0 Å². The van der Waals surface area contributed by atoms with E-state index in [0.29, 0.717) is 45.3 Å². The molecule has 3 rings (SSSR count). The molecular weight excluding hydrogens is 321 g/mol. The molecule has 114 valence electrons. The highest BCUT2D eigenvalue weighted by atomic mass is 35.5. The summed E-state index contributed by atoms with van der Waals surface area (Å²) >= 11 is 12.0. The molecule has 0 saturated heterocycles. The van der Waals surface area contributed by atoms with Crippen LogP contribution >= 0.6 is 23.2 Å². The van der Waals surface area contributed by atoms with Gasteiger partial charge in [-0.15, -0.1) is 0 Å². The summed E-state index contributed by atoms with van der Waals surface area (Å²) in [6.45, 7) is 1.75. The van der Waals surface area contributed by atoms with Crippen LogP contribution in [0.3, 0.4) is 0 Å². The van der Waals surface area contributed by atoms with E-state index < -0.39 is 0 Å². The highest BCUT2D eigenvalue weighted by molar-refractivity contribution is 6.35. The smallest absolute Gasteiger partial charge is 0.261 e. The Labute approximate surface area is 139 Å². The van der Waals surface area contributed by atoms with Gasteiger partial charge in [-0.1, -0.05) is 23.2 Å². The standard InChI is InChI=1S/C17H15Cl2NO2/c1-10(18)8-11-9-12(6-7-15(11)19)20-16(21)13-4-2-3-5-14(13)17(20)22/h6-9H,2-5H2,1H3/b10-8-. The molecule has 5 heteroatoms. The minimum Gasteiger partial charge on any atom is -0.269 e. The molecule has 0 saturated carbocycles. The summed E-state index contributed by atoms with van der Waals surface area (Å²) in [4.78, 5) is 26.3. The van der Waals surface area contributed by atoms with E-state index in [2.05, 4.69) is 0 Å². The Balaban J connectivity index is 2.01. The van der Waals surface area contributed by atoms with E-state index in [1.807, 2.05) is 0 Å². The van der Waals surface area contributed by atoms with Crippen molar-refractivity contribution in [1.29, 1.82) is 0 Å². The van der Waals surface area contributed by atoms with Crippen molar-refractivity contribution in [2.75, 3.05) is 4.90 Å². The lowest BCUT2D eigenvalue weighted by molar-refractivity contribution is -0.120. The number of benzene rings is 1. The summed E-state index contributed by atoms with van der Waals surface area (Å²) in [6.07, 6.45) is 5.03. The highest BCUT2D eigenvalue weighted by Gasteiger charge is 2.39. The van der Waals surface area contributed by atoms with Gasteiger partial charge in [0.1, 0.15) is 0 Å². The van der Waals surface area contributed by atoms with Gasteiger partial charge in [-0.05, 0) is 62.4 Å². The molecule has 0 N–H and O–H groups in total. The number of allylic oxidation sites excluding steroid dienone is 1. The monoisotopic (exact) mass is 335 g/mol. The first-order chi connectivity index (χ1) is 10.5. The lowest BCUT2D eigenvalue weighted by Crippen LogP contribution is -2.31. The number of carbonyl (C=O) groups is 2. The van der Waals surface area contributed by atoms with Crippen LogP contribution in [-0.4, -0.2) is 11.8 Å². The maximum atomic E-state index is 12.5. The predicted octanol–water partition coefficient (Wildman–Crippen LogP) is 4.68. The van der Waals surface area contributed by atoms with E-state index in [1.165, 1.54) is 4.90 Å². The number of hydrogen-bond acceptors (Lipinski definition) is 2. The summed E-state index contributed by atoms with van der Waals surface area (Å²) in [6, 6.07) is 5.10. The van der Waals surface area contributed by atoms with Crippen molar-refractivity contribution in [1.82, 2.24) is 0 Å². The Morgan fingerprint density at radius 2 is 1.73 bits per heavy atom. The average molecular weight is 336 g/mol. The Morgan fingerprint density at radius 3 is 2.27 bits per heavy atom. The number of anilines is 1. The third-order valence-electron chi connectivity index (χ3n) is 3.98. The van der Waals surface area contributed by atoms with Gasteiger partial charge in [-0.2, -0.15) is 0 Å². The Hall–Kier alpha value is -1.58. The normalized spacial score (nSPS) is 19.0. The quantitative estimate of drug-likeness (QED) is 0.735. The fourth-order valence-corrected chi connectivity index (χ4v) is 3.26. The van der Waals surface area contributed by atoms with Crippen LogP contribution in [0.2, 0.25) is 5.02 Å². The fraction of sp³-hybridized carbons (Fsp3) is 0.294. The van der Waals surface area contributed by atoms with Gasteiger partial charge in [-0.3, -0.25) is 9.59 Å². The zero-order chi connectivity index (χ0) is 15.9. The number of rotatable bonds is 2. The lowest BCUT2D eigenvalue weighted by Gasteiger charge is -2.16. The summed E-state index contributed by atoms with van der Waals surface area (Å²) in [5.74, 6) is -0.390. The SMILES string of the molecule is C/C(Cl)=C/c1cc(N2C(=O)C3=C(CCCC3)C2=O)ccc1Cl. The molecule has 0 bridgehead atoms. The molecule has 0 unspecified atom stereocenters. The van der Waals surface area contributed by atoms with Crippen LogP contribution in [0, 0.1) is 0 Å². The Kier molecular flexibility index (Phi) is 4.11. The number of carbonyl (C=O) groups excluding carboxylic acids is 2. The largest absolute Gasteiger partial charge is 0.269 e. The van der Waals surface area contributed by atoms with E-state index >= 15 is 0 Å². The van der Waals surface area contributed by atoms with Gasteiger partial charge in [0.15, 0.2) is 0 Å². The molecule has 0 fully saturated rings. The number of halogens is 2. The van der Waals surface area contributed by atoms with Gasteiger partial charge in [0.2, 0.25) is 0 Å². The van der Waals surface area contributed by atoms with E-state index in [0.717, 1.165) is 12.8 Å². The Morgan fingerprint density at radius 1 is 1.14 bits per heavy atom. The molecule has 1 heterocycles. The second kappa shape index (κ2) is 5.90. The molecule has 1 aliphatic heterocycles. The fourth-order valence-electron chi connectivity index (χ4n) is 2.97. The molecular formula is C17H15Cl2NO2. The van der Waals surface area contributed by atoms with E-state index in [9.17, 15) is 9.59 Å². The van der Waals surface area contributed by atoms with Crippen LogP contribution in [0.5, 0.6) is 0 Å². The lowest BCUT2D eigenvalue weighted by atomic mass is 9.93. The molecule has 1 aromatic carbocycles. The summed E-state index contributed by atoms with van der Waals surface area (Å²) in [7, 11) is 0. The number of hydrogen-bond donors (Lipinski definition) is 0. The molecule has 0 spiro atoms. The molecule has 0 radical (unpaired) electrons. The number of imide groups is 1. The molecule has 1 aliphatic carbocycles. The van der Waals surface area contributed by atoms with Gasteiger partial charge in [0.25, 0.3) is 11.8 Å². The third kappa shape index (κ3) is 2.59. The molecule has 22 heavy (non-hydrogen) atoms. The van der Waals surface area contributed by atoms with Crippen molar-refractivity contribution in [3.8, 4) is 0 Å². The van der Waals surface area contributed by atoms with Crippen molar-refractivity contribution >= 4 is 46.8 Å². The van der Waals surface area contributed by atoms with E-state index in [4.69, 9.17) is 23.2 Å². The molecule has 3 nitrogen and oxygen atoms in total. The first-order valence-electron chi connectivity index (χ1n) is 7.23. The van der Waals surface area contributed by atoms with Crippen LogP contribution < -0.4 is 4.90 Å². The summed E-state index contributed by atoms with van der Waals surface area (Å²) in [5, 5.41) is 1.11. The van der Waals surface area contributed by atoms with Crippen molar-refractivity contribution in [3.05, 3.63) is 45.0 Å². The summed E-state index contributed by atoms with van der Waals surface area (Å²) < 4.78 is 0. The molecule has 2 aliphatic rings. The van der Waals surface area contributed by atoms with Crippen molar-refractivity contribution < 1.29 is 9.59 Å². The number of nitrogens with zero attached hydrogens (tertiary/aromatic N) is 1. The topological polar surface area (TPSA) is 37.4 Å². The van der Waals surface area contributed by atoms with Gasteiger partial charge in [0, 0.05) is 21.2 Å². The first kappa shape index (κ1) is 15.3. The van der Waals surface area contributed by atoms with Crippen LogP contribution in [0.1, 0.15) is 38.2 Å². The second-order valence-corrected chi connectivity index (χ2v) is 6.55. The maximum absolute atomic E-state index is 12.5. The zero-order valence-electron chi connectivity index (χ0n) is 12.2. The highest BCUT2D eigenvalue weighted by Crippen LogP contribution is 2.36. The molecule has 1 aromatic rings. The van der Waals surface area contributed by atoms with Crippen LogP contribution in [-0.2, 0) is 9.59 Å². The van der Waals surface area contributed by atoms with E-state index in [-0.39, 0.29) is 11.8 Å². The molecule has 0 aromatic heterocycles. The summed E-state index contributed by atoms with van der Waals surface area (Å²) in [5.41, 5.74) is 2.59. The van der Waals surface area contributed by atoms with Gasteiger partial charge < -0.3 is 0 Å². The first-order valence-corrected chi connectivity index (χ1v) is 7.99. The molecule has 2 amide bonds. The van der Waals surface area contributed by atoms with Crippen molar-refractivity contribution in [2.24, 2.45) is 0 Å². The molecule has 0 atom stereocenters. The predicted molar refractivity (Wildman–Crippen MR) is 88.9 cm³/mol. The zero-order valence-corrected chi connectivity index (χ0v) is 13.7. The van der Waals surface area contributed by atoms with Crippen molar-refractivity contribution in [2.45, 2.75) is 32.6 Å². The van der Waals surface area contributed by atoms with E-state index in [1.54, 1.807) is 31.2 Å². The minimum atomic E-state index is -0.195. The average Bonchev–Trinajstić information content (AvgIpc) is 2.74. The third-order valence-corrected chi connectivity index (χ3v) is 4.44. The number of amides is 2.